The fourth-order valence-electron chi connectivity index (χ4n) is 5.02. The second-order valence-electron chi connectivity index (χ2n) is 9.16. The Bertz CT molecular complexity index is 1310. The van der Waals surface area contributed by atoms with E-state index in [4.69, 9.17) is 4.74 Å². The van der Waals surface area contributed by atoms with E-state index in [1.54, 1.807) is 12.1 Å². The Kier molecular flexibility index (Phi) is 5.62. The number of hydrogen-bond acceptors (Lipinski definition) is 6. The van der Waals surface area contributed by atoms with E-state index in [1.165, 1.54) is 21.4 Å². The highest BCUT2D eigenvalue weighted by molar-refractivity contribution is 7.10. The molecule has 0 bridgehead atoms. The molecule has 0 aliphatic carbocycles. The number of anilines is 2. The smallest absolute Gasteiger partial charge is 0.261 e. The normalized spacial score (nSPS) is 19.1. The van der Waals surface area contributed by atoms with Crippen molar-refractivity contribution >= 4 is 40.4 Å². The minimum absolute atomic E-state index is 0.111. The zero-order chi connectivity index (χ0) is 23.9. The summed E-state index contributed by atoms with van der Waals surface area (Å²) in [6, 6.07) is 14.7. The van der Waals surface area contributed by atoms with Crippen LogP contribution in [0.25, 0.3) is 0 Å². The fourth-order valence-corrected chi connectivity index (χ4v) is 5.91. The summed E-state index contributed by atoms with van der Waals surface area (Å²) in [6.45, 7) is 2.79. The molecule has 3 aliphatic heterocycles. The predicted molar refractivity (Wildman–Crippen MR) is 134 cm³/mol. The van der Waals surface area contributed by atoms with Gasteiger partial charge in [-0.1, -0.05) is 0 Å². The van der Waals surface area contributed by atoms with Gasteiger partial charge in [-0.05, 0) is 78.7 Å². The number of fused-ring (bicyclic) bond motifs is 2. The second kappa shape index (κ2) is 8.94. The van der Waals surface area contributed by atoms with Crippen LogP contribution in [0.5, 0.6) is 0 Å². The van der Waals surface area contributed by atoms with Crippen molar-refractivity contribution in [3.05, 3.63) is 81.0 Å². The molecule has 2 aromatic carbocycles. The largest absolute Gasteiger partial charge is 0.376 e. The van der Waals surface area contributed by atoms with Crippen LogP contribution in [-0.4, -0.2) is 48.4 Å². The number of hydrogen-bond donors (Lipinski definition) is 1. The Labute approximate surface area is 207 Å². The van der Waals surface area contributed by atoms with Crippen molar-refractivity contribution in [2.75, 3.05) is 29.9 Å². The average molecular weight is 488 g/mol. The molecule has 1 unspecified atom stereocenters. The number of benzene rings is 2. The molecule has 4 heterocycles. The van der Waals surface area contributed by atoms with Gasteiger partial charge in [-0.3, -0.25) is 19.3 Å². The minimum Gasteiger partial charge on any atom is -0.376 e. The maximum atomic E-state index is 12.9. The lowest BCUT2D eigenvalue weighted by Gasteiger charge is -2.29. The first-order chi connectivity index (χ1) is 17.1. The SMILES string of the molecule is O=C(Nc1ccc(N2CCc3sccc3C2)cc1)c1ccc2c(c1)C(=O)N(CC1CCCO1)C2=O. The van der Waals surface area contributed by atoms with Gasteiger partial charge >= 0.3 is 0 Å². The van der Waals surface area contributed by atoms with E-state index in [-0.39, 0.29) is 35.9 Å². The molecule has 1 aromatic heterocycles. The van der Waals surface area contributed by atoms with E-state index in [2.05, 4.69) is 21.7 Å². The van der Waals surface area contributed by atoms with Crippen LogP contribution in [0.1, 0.15) is 54.4 Å². The van der Waals surface area contributed by atoms with E-state index in [0.717, 1.165) is 38.0 Å². The number of nitrogens with one attached hydrogen (secondary N) is 1. The number of rotatable bonds is 5. The summed E-state index contributed by atoms with van der Waals surface area (Å²) in [5.41, 5.74) is 4.13. The topological polar surface area (TPSA) is 79.0 Å². The Hall–Kier alpha value is -3.49. The van der Waals surface area contributed by atoms with Crippen LogP contribution >= 0.6 is 11.3 Å². The molecule has 178 valence electrons. The highest BCUT2D eigenvalue weighted by Gasteiger charge is 2.38. The third kappa shape index (κ3) is 4.13. The Morgan fingerprint density at radius 3 is 2.69 bits per heavy atom. The van der Waals surface area contributed by atoms with Gasteiger partial charge < -0.3 is 15.0 Å². The van der Waals surface area contributed by atoms with Crippen LogP contribution in [0.3, 0.4) is 0 Å². The number of imide groups is 1. The van der Waals surface area contributed by atoms with E-state index < -0.39 is 0 Å². The van der Waals surface area contributed by atoms with Crippen molar-refractivity contribution < 1.29 is 19.1 Å². The molecule has 0 saturated carbocycles. The molecule has 1 saturated heterocycles. The standard InChI is InChI=1S/C27H25N3O4S/c31-25(28-19-4-6-20(7-5-19)29-11-9-24-18(15-29)10-13-35-24)17-3-8-22-23(14-17)27(33)30(26(22)32)16-21-2-1-12-34-21/h3-8,10,13-14,21H,1-2,9,11-12,15-16H2,(H,28,31). The molecule has 3 aliphatic rings. The molecule has 3 aromatic rings. The number of carbonyl (C=O) groups excluding carboxylic acids is 3. The Balaban J connectivity index is 1.13. The molecule has 1 atom stereocenters. The number of amides is 3. The third-order valence-electron chi connectivity index (χ3n) is 6.94. The average Bonchev–Trinajstić information content (AvgIpc) is 3.62. The molecule has 8 heteroatoms. The van der Waals surface area contributed by atoms with Gasteiger partial charge in [-0.25, -0.2) is 0 Å². The zero-order valence-corrected chi connectivity index (χ0v) is 20.0. The highest BCUT2D eigenvalue weighted by atomic mass is 32.1. The maximum Gasteiger partial charge on any atom is 0.261 e. The highest BCUT2D eigenvalue weighted by Crippen LogP contribution is 2.29. The van der Waals surface area contributed by atoms with Crippen molar-refractivity contribution in [3.8, 4) is 0 Å². The first-order valence-electron chi connectivity index (χ1n) is 11.9. The summed E-state index contributed by atoms with van der Waals surface area (Å²) in [5, 5.41) is 5.05. The van der Waals surface area contributed by atoms with Gasteiger partial charge in [0, 0.05) is 41.5 Å². The van der Waals surface area contributed by atoms with Crippen molar-refractivity contribution in [3.63, 3.8) is 0 Å². The van der Waals surface area contributed by atoms with Crippen LogP contribution < -0.4 is 10.2 Å². The van der Waals surface area contributed by atoms with E-state index in [9.17, 15) is 14.4 Å². The van der Waals surface area contributed by atoms with Crippen LogP contribution in [-0.2, 0) is 17.7 Å². The molecular weight excluding hydrogens is 462 g/mol. The van der Waals surface area contributed by atoms with E-state index in [1.807, 2.05) is 35.6 Å². The molecule has 7 nitrogen and oxygen atoms in total. The summed E-state index contributed by atoms with van der Waals surface area (Å²) in [6.07, 6.45) is 2.72. The Morgan fingerprint density at radius 2 is 1.89 bits per heavy atom. The van der Waals surface area contributed by atoms with Gasteiger partial charge in [0.15, 0.2) is 0 Å². The molecule has 1 fully saturated rings. The predicted octanol–water partition coefficient (Wildman–Crippen LogP) is 4.34. The fraction of sp³-hybridized carbons (Fsp3) is 0.296. The molecule has 0 spiro atoms. The Morgan fingerprint density at radius 1 is 1.06 bits per heavy atom. The first-order valence-corrected chi connectivity index (χ1v) is 12.8. The van der Waals surface area contributed by atoms with Crippen molar-refractivity contribution in [2.45, 2.75) is 31.9 Å². The van der Waals surface area contributed by atoms with Crippen molar-refractivity contribution in [2.24, 2.45) is 0 Å². The summed E-state index contributed by atoms with van der Waals surface area (Å²) >= 11 is 1.82. The molecule has 6 rings (SSSR count). The lowest BCUT2D eigenvalue weighted by molar-refractivity contribution is 0.0475. The molecule has 3 amide bonds. The number of nitrogens with zero attached hydrogens (tertiary/aromatic N) is 2. The third-order valence-corrected chi connectivity index (χ3v) is 7.96. The number of ether oxygens (including phenoxy) is 1. The van der Waals surface area contributed by atoms with Crippen molar-refractivity contribution in [1.29, 1.82) is 0 Å². The van der Waals surface area contributed by atoms with E-state index in [0.29, 0.717) is 23.4 Å². The molecule has 1 N–H and O–H groups in total. The monoisotopic (exact) mass is 487 g/mol. The summed E-state index contributed by atoms with van der Waals surface area (Å²) in [5.74, 6) is -1.01. The summed E-state index contributed by atoms with van der Waals surface area (Å²) in [7, 11) is 0. The van der Waals surface area contributed by atoms with Crippen LogP contribution in [0.15, 0.2) is 53.9 Å². The molecular formula is C27H25N3O4S. The second-order valence-corrected chi connectivity index (χ2v) is 10.2. The molecule has 35 heavy (non-hydrogen) atoms. The van der Waals surface area contributed by atoms with Gasteiger partial charge in [0.1, 0.15) is 0 Å². The van der Waals surface area contributed by atoms with Gasteiger partial charge in [0.25, 0.3) is 17.7 Å². The molecule has 0 radical (unpaired) electrons. The summed E-state index contributed by atoms with van der Waals surface area (Å²) < 4.78 is 5.58. The number of thiophene rings is 1. The van der Waals surface area contributed by atoms with Crippen LogP contribution in [0.4, 0.5) is 11.4 Å². The summed E-state index contributed by atoms with van der Waals surface area (Å²) in [4.78, 5) is 43.6. The maximum absolute atomic E-state index is 12.9. The van der Waals surface area contributed by atoms with Crippen LogP contribution in [0.2, 0.25) is 0 Å². The van der Waals surface area contributed by atoms with Gasteiger partial charge in [0.2, 0.25) is 0 Å². The van der Waals surface area contributed by atoms with Crippen LogP contribution in [0, 0.1) is 0 Å². The first kappa shape index (κ1) is 22.0. The van der Waals surface area contributed by atoms with Crippen molar-refractivity contribution in [1.82, 2.24) is 4.90 Å². The van der Waals surface area contributed by atoms with E-state index >= 15 is 0 Å². The lowest BCUT2D eigenvalue weighted by Crippen LogP contribution is -2.36. The number of carbonyl (C=O) groups is 3. The zero-order valence-electron chi connectivity index (χ0n) is 19.2. The quantitative estimate of drug-likeness (QED) is 0.542. The minimum atomic E-state index is -0.366. The van der Waals surface area contributed by atoms with Gasteiger partial charge in [-0.15, -0.1) is 11.3 Å². The van der Waals surface area contributed by atoms with Gasteiger partial charge in [0.05, 0.1) is 23.8 Å². The lowest BCUT2D eigenvalue weighted by atomic mass is 10.1. The van der Waals surface area contributed by atoms with Gasteiger partial charge in [-0.2, -0.15) is 0 Å².